The summed E-state index contributed by atoms with van der Waals surface area (Å²) in [5, 5.41) is 2.06. The lowest BCUT2D eigenvalue weighted by Gasteiger charge is -2.02. The van der Waals surface area contributed by atoms with Gasteiger partial charge < -0.3 is 10.5 Å². The maximum Gasteiger partial charge on any atom is 0.347 e. The van der Waals surface area contributed by atoms with Gasteiger partial charge in [0.25, 0.3) is 5.19 Å². The first-order valence-corrected chi connectivity index (χ1v) is 5.11. The molecule has 0 saturated carbocycles. The van der Waals surface area contributed by atoms with Gasteiger partial charge >= 0.3 is 5.97 Å². The van der Waals surface area contributed by atoms with Crippen molar-refractivity contribution >= 4 is 23.0 Å². The third-order valence-electron chi connectivity index (χ3n) is 1.77. The lowest BCUT2D eigenvalue weighted by Crippen LogP contribution is -2.10. The van der Waals surface area contributed by atoms with E-state index in [4.69, 9.17) is 10.5 Å². The maximum atomic E-state index is 11.6. The molecule has 1 aromatic carbocycles. The largest absolute Gasteiger partial charge is 0.398 e. The van der Waals surface area contributed by atoms with E-state index in [1.54, 1.807) is 35.8 Å². The second-order valence-electron chi connectivity index (χ2n) is 2.77. The number of anilines is 1. The molecule has 2 rings (SSSR count). The molecular weight excluding hydrogens is 212 g/mol. The number of hydrogen-bond acceptors (Lipinski definition) is 5. The van der Waals surface area contributed by atoms with E-state index in [0.717, 1.165) is 0 Å². The third kappa shape index (κ3) is 2.13. The van der Waals surface area contributed by atoms with Crippen LogP contribution in [0, 0.1) is 0 Å². The summed E-state index contributed by atoms with van der Waals surface area (Å²) in [5.41, 5.74) is 6.39. The number of ether oxygens (including phenoxy) is 1. The molecule has 0 radical (unpaired) electrons. The summed E-state index contributed by atoms with van der Waals surface area (Å²) < 4.78 is 5.01. The molecule has 2 aromatic rings. The van der Waals surface area contributed by atoms with Crippen LogP contribution in [0.2, 0.25) is 0 Å². The number of nitrogen functional groups attached to an aromatic ring is 1. The zero-order valence-corrected chi connectivity index (χ0v) is 8.53. The molecule has 15 heavy (non-hydrogen) atoms. The van der Waals surface area contributed by atoms with E-state index in [1.165, 1.54) is 11.3 Å². The molecule has 0 aliphatic heterocycles. The van der Waals surface area contributed by atoms with E-state index in [2.05, 4.69) is 4.98 Å². The molecule has 0 fully saturated rings. The molecule has 0 saturated heterocycles. The Hall–Kier alpha value is -1.88. The van der Waals surface area contributed by atoms with Crippen LogP contribution in [0.1, 0.15) is 10.4 Å². The zero-order chi connectivity index (χ0) is 10.7. The molecule has 4 nitrogen and oxygen atoms in total. The molecule has 1 aromatic heterocycles. The molecule has 76 valence electrons. The highest BCUT2D eigenvalue weighted by molar-refractivity contribution is 7.11. The quantitative estimate of drug-likeness (QED) is 0.620. The van der Waals surface area contributed by atoms with Gasteiger partial charge in [0, 0.05) is 17.3 Å². The van der Waals surface area contributed by atoms with Crippen LogP contribution < -0.4 is 10.5 Å². The van der Waals surface area contributed by atoms with Crippen molar-refractivity contribution in [3.05, 3.63) is 41.4 Å². The van der Waals surface area contributed by atoms with Crippen molar-refractivity contribution < 1.29 is 9.53 Å². The molecule has 0 bridgehead atoms. The Kier molecular flexibility index (Phi) is 2.64. The third-order valence-corrected chi connectivity index (χ3v) is 2.42. The lowest BCUT2D eigenvalue weighted by atomic mass is 10.2. The van der Waals surface area contributed by atoms with Crippen molar-refractivity contribution in [2.24, 2.45) is 0 Å². The van der Waals surface area contributed by atoms with Gasteiger partial charge in [0.2, 0.25) is 0 Å². The van der Waals surface area contributed by atoms with Gasteiger partial charge in [0.1, 0.15) is 0 Å². The minimum Gasteiger partial charge on any atom is -0.398 e. The average Bonchev–Trinajstić information content (AvgIpc) is 2.71. The van der Waals surface area contributed by atoms with Crippen molar-refractivity contribution in [1.82, 2.24) is 4.98 Å². The highest BCUT2D eigenvalue weighted by Crippen LogP contribution is 2.18. The standard InChI is InChI=1S/C10H8N2O2S/c11-8-4-2-1-3-7(8)9(13)14-10-12-5-6-15-10/h1-6H,11H2. The van der Waals surface area contributed by atoms with Gasteiger partial charge in [-0.05, 0) is 12.1 Å². The highest BCUT2D eigenvalue weighted by Gasteiger charge is 2.12. The van der Waals surface area contributed by atoms with Crippen LogP contribution in [0.3, 0.4) is 0 Å². The van der Waals surface area contributed by atoms with Gasteiger partial charge in [-0.2, -0.15) is 0 Å². The van der Waals surface area contributed by atoms with Gasteiger partial charge in [0.15, 0.2) is 0 Å². The Bertz CT molecular complexity index is 468. The van der Waals surface area contributed by atoms with Crippen molar-refractivity contribution in [2.45, 2.75) is 0 Å². The molecular formula is C10H8N2O2S. The highest BCUT2D eigenvalue weighted by atomic mass is 32.1. The summed E-state index contributed by atoms with van der Waals surface area (Å²) in [6.07, 6.45) is 1.57. The van der Waals surface area contributed by atoms with E-state index >= 15 is 0 Å². The van der Waals surface area contributed by atoms with E-state index < -0.39 is 5.97 Å². The first-order valence-electron chi connectivity index (χ1n) is 4.23. The first-order chi connectivity index (χ1) is 7.27. The predicted molar refractivity (Wildman–Crippen MR) is 57.9 cm³/mol. The molecule has 0 aliphatic carbocycles. The lowest BCUT2D eigenvalue weighted by molar-refractivity contribution is 0.0735. The second kappa shape index (κ2) is 4.10. The Balaban J connectivity index is 2.19. The monoisotopic (exact) mass is 220 g/mol. The van der Waals surface area contributed by atoms with Crippen molar-refractivity contribution in [2.75, 3.05) is 5.73 Å². The molecule has 0 spiro atoms. The molecule has 5 heteroatoms. The number of thiazole rings is 1. The fourth-order valence-corrected chi connectivity index (χ4v) is 1.56. The fourth-order valence-electron chi connectivity index (χ4n) is 1.08. The number of para-hydroxylation sites is 1. The normalized spacial score (nSPS) is 9.87. The van der Waals surface area contributed by atoms with Crippen LogP contribution in [0.25, 0.3) is 0 Å². The Morgan fingerprint density at radius 1 is 1.40 bits per heavy atom. The molecule has 0 amide bonds. The first kappa shape index (κ1) is 9.67. The van der Waals surface area contributed by atoms with Crippen molar-refractivity contribution in [3.8, 4) is 5.19 Å². The van der Waals surface area contributed by atoms with E-state index in [1.807, 2.05) is 0 Å². The SMILES string of the molecule is Nc1ccccc1C(=O)Oc1nccs1. The summed E-state index contributed by atoms with van der Waals surface area (Å²) >= 11 is 1.26. The Morgan fingerprint density at radius 3 is 2.87 bits per heavy atom. The van der Waals surface area contributed by atoms with Gasteiger partial charge in [-0.25, -0.2) is 9.78 Å². The molecule has 2 N–H and O–H groups in total. The van der Waals surface area contributed by atoms with Crippen molar-refractivity contribution in [1.29, 1.82) is 0 Å². The predicted octanol–water partition coefficient (Wildman–Crippen LogP) is 1.94. The van der Waals surface area contributed by atoms with Crippen LogP contribution in [-0.2, 0) is 0 Å². The summed E-state index contributed by atoms with van der Waals surface area (Å²) in [7, 11) is 0. The minimum absolute atomic E-state index is 0.322. The van der Waals surface area contributed by atoms with Crippen LogP contribution in [-0.4, -0.2) is 11.0 Å². The zero-order valence-electron chi connectivity index (χ0n) is 7.71. The summed E-state index contributed by atoms with van der Waals surface area (Å²) in [6.45, 7) is 0. The minimum atomic E-state index is -0.483. The number of esters is 1. The van der Waals surface area contributed by atoms with Gasteiger partial charge in [0.05, 0.1) is 5.56 Å². The number of aromatic nitrogens is 1. The van der Waals surface area contributed by atoms with Crippen LogP contribution in [0.5, 0.6) is 5.19 Å². The van der Waals surface area contributed by atoms with E-state index in [-0.39, 0.29) is 0 Å². The number of hydrogen-bond donors (Lipinski definition) is 1. The Labute approximate surface area is 90.3 Å². The van der Waals surface area contributed by atoms with Crippen molar-refractivity contribution in [3.63, 3.8) is 0 Å². The summed E-state index contributed by atoms with van der Waals surface area (Å²) in [5.74, 6) is -0.483. The maximum absolute atomic E-state index is 11.6. The number of nitrogens with two attached hydrogens (primary N) is 1. The smallest absolute Gasteiger partial charge is 0.347 e. The number of carbonyl (C=O) groups excluding carboxylic acids is 1. The number of nitrogens with zero attached hydrogens (tertiary/aromatic N) is 1. The topological polar surface area (TPSA) is 65.2 Å². The van der Waals surface area contributed by atoms with Crippen LogP contribution in [0.15, 0.2) is 35.8 Å². The number of carbonyl (C=O) groups is 1. The number of rotatable bonds is 2. The van der Waals surface area contributed by atoms with Gasteiger partial charge in [-0.15, -0.1) is 0 Å². The fraction of sp³-hybridized carbons (Fsp3) is 0. The Morgan fingerprint density at radius 2 is 2.20 bits per heavy atom. The summed E-state index contributed by atoms with van der Waals surface area (Å²) in [4.78, 5) is 15.4. The van der Waals surface area contributed by atoms with E-state index in [0.29, 0.717) is 16.4 Å². The van der Waals surface area contributed by atoms with Crippen LogP contribution >= 0.6 is 11.3 Å². The average molecular weight is 220 g/mol. The van der Waals surface area contributed by atoms with E-state index in [9.17, 15) is 4.79 Å². The molecule has 0 aliphatic rings. The van der Waals surface area contributed by atoms with Crippen LogP contribution in [0.4, 0.5) is 5.69 Å². The second-order valence-corrected chi connectivity index (χ2v) is 3.63. The summed E-state index contributed by atoms with van der Waals surface area (Å²) in [6, 6.07) is 6.76. The molecule has 0 unspecified atom stereocenters. The van der Waals surface area contributed by atoms with Gasteiger partial charge in [-0.3, -0.25) is 0 Å². The molecule has 1 heterocycles. The molecule has 0 atom stereocenters. The van der Waals surface area contributed by atoms with Gasteiger partial charge in [-0.1, -0.05) is 23.5 Å². The number of benzene rings is 1.